The smallest absolute Gasteiger partial charge is 0.336 e. The molecule has 2 aromatic carbocycles. The van der Waals surface area contributed by atoms with E-state index in [1.807, 2.05) is 6.07 Å². The number of rotatable bonds is 4. The summed E-state index contributed by atoms with van der Waals surface area (Å²) in [6, 6.07) is 14.9. The number of hydrogen-bond acceptors (Lipinski definition) is 6. The Morgan fingerprint density at radius 2 is 1.54 bits per heavy atom. The van der Waals surface area contributed by atoms with Crippen molar-refractivity contribution in [2.24, 2.45) is 0 Å². The van der Waals surface area contributed by atoms with Crippen LogP contribution in [-0.2, 0) is 6.61 Å². The molecule has 4 rings (SSSR count). The zero-order chi connectivity index (χ0) is 18.1. The lowest BCUT2D eigenvalue weighted by Crippen LogP contribution is -2.04. The summed E-state index contributed by atoms with van der Waals surface area (Å²) in [6.45, 7) is 0.164. The summed E-state index contributed by atoms with van der Waals surface area (Å²) in [5.41, 5.74) is 0.676. The van der Waals surface area contributed by atoms with E-state index in [-0.39, 0.29) is 6.61 Å². The Labute approximate surface area is 147 Å². The van der Waals surface area contributed by atoms with Crippen LogP contribution in [0.15, 0.2) is 73.0 Å². The Kier molecular flexibility index (Phi) is 3.93. The van der Waals surface area contributed by atoms with Gasteiger partial charge in [-0.3, -0.25) is 0 Å². The highest BCUT2D eigenvalue weighted by atomic mass is 16.5. The molecular weight excluding hydrogens is 336 g/mol. The first-order valence-electron chi connectivity index (χ1n) is 7.90. The lowest BCUT2D eigenvalue weighted by atomic mass is 10.1. The maximum Gasteiger partial charge on any atom is 0.336 e. The van der Waals surface area contributed by atoms with Crippen molar-refractivity contribution in [2.75, 3.05) is 7.11 Å². The van der Waals surface area contributed by atoms with E-state index in [0.29, 0.717) is 28.2 Å². The molecule has 0 aliphatic carbocycles. The van der Waals surface area contributed by atoms with Crippen molar-refractivity contribution < 1.29 is 18.3 Å². The van der Waals surface area contributed by atoms with Crippen LogP contribution in [0.3, 0.4) is 0 Å². The molecule has 0 spiro atoms. The first kappa shape index (κ1) is 16.0. The fourth-order valence-corrected chi connectivity index (χ4v) is 2.75. The molecule has 6 nitrogen and oxygen atoms in total. The molecule has 0 fully saturated rings. The van der Waals surface area contributed by atoms with E-state index in [4.69, 9.17) is 18.3 Å². The minimum atomic E-state index is -0.464. The van der Waals surface area contributed by atoms with Crippen LogP contribution in [-0.4, -0.2) is 7.11 Å². The van der Waals surface area contributed by atoms with Crippen LogP contribution in [0.2, 0.25) is 0 Å². The van der Waals surface area contributed by atoms with Gasteiger partial charge >= 0.3 is 11.3 Å². The lowest BCUT2D eigenvalue weighted by Gasteiger charge is -2.09. The highest BCUT2D eigenvalue weighted by Gasteiger charge is 2.08. The van der Waals surface area contributed by atoms with Crippen molar-refractivity contribution in [2.45, 2.75) is 6.61 Å². The van der Waals surface area contributed by atoms with Gasteiger partial charge in [0.15, 0.2) is 0 Å². The molecule has 2 heterocycles. The van der Waals surface area contributed by atoms with E-state index in [0.717, 1.165) is 10.8 Å². The highest BCUT2D eigenvalue weighted by Crippen LogP contribution is 2.25. The number of hydrogen-bond donors (Lipinski definition) is 0. The summed E-state index contributed by atoms with van der Waals surface area (Å²) in [6.07, 6.45) is 0. The molecule has 0 unspecified atom stereocenters. The molecule has 4 aromatic rings. The topological polar surface area (TPSA) is 78.9 Å². The Balaban J connectivity index is 1.67. The van der Waals surface area contributed by atoms with Crippen molar-refractivity contribution in [3.05, 3.63) is 81.0 Å². The lowest BCUT2D eigenvalue weighted by molar-refractivity contribution is 0.306. The van der Waals surface area contributed by atoms with E-state index in [1.165, 1.54) is 12.1 Å². The number of fused-ring (bicyclic) bond motifs is 2. The Bertz CT molecular complexity index is 1220. The standard InChI is InChI=1S/C20H14O6/c1-23-14-5-6-16-13(8-20(22)26-18(16)9-14)11-24-15-4-2-12-3-7-19(21)25-17(12)10-15/h2-10H,11H2,1H3. The number of benzene rings is 2. The van der Waals surface area contributed by atoms with Gasteiger partial charge in [-0.1, -0.05) is 0 Å². The predicted molar refractivity (Wildman–Crippen MR) is 95.9 cm³/mol. The summed E-state index contributed by atoms with van der Waals surface area (Å²) in [4.78, 5) is 23.2. The fourth-order valence-electron chi connectivity index (χ4n) is 2.75. The molecule has 2 aromatic heterocycles. The summed E-state index contributed by atoms with van der Waals surface area (Å²) in [5, 5.41) is 1.56. The molecular formula is C20H14O6. The highest BCUT2D eigenvalue weighted by molar-refractivity contribution is 5.81. The minimum absolute atomic E-state index is 0.164. The molecule has 0 bridgehead atoms. The van der Waals surface area contributed by atoms with Gasteiger partial charge in [0.1, 0.15) is 29.3 Å². The molecule has 0 saturated heterocycles. The summed E-state index contributed by atoms with van der Waals surface area (Å²) in [7, 11) is 1.55. The number of methoxy groups -OCH3 is 1. The monoisotopic (exact) mass is 350 g/mol. The van der Waals surface area contributed by atoms with Crippen molar-refractivity contribution in [1.29, 1.82) is 0 Å². The quantitative estimate of drug-likeness (QED) is 0.524. The molecule has 0 N–H and O–H groups in total. The third-order valence-electron chi connectivity index (χ3n) is 4.03. The molecule has 0 radical (unpaired) electrons. The number of ether oxygens (including phenoxy) is 2. The van der Waals surface area contributed by atoms with Gasteiger partial charge in [0.05, 0.1) is 7.11 Å². The maximum absolute atomic E-state index is 11.8. The second-order valence-corrected chi connectivity index (χ2v) is 5.70. The van der Waals surface area contributed by atoms with E-state index in [1.54, 1.807) is 43.5 Å². The Hall–Kier alpha value is -3.54. The molecule has 0 saturated carbocycles. The predicted octanol–water partition coefficient (Wildman–Crippen LogP) is 3.49. The van der Waals surface area contributed by atoms with E-state index < -0.39 is 11.3 Å². The SMILES string of the molecule is COc1ccc2c(COc3ccc4ccc(=O)oc4c3)cc(=O)oc2c1. The summed E-state index contributed by atoms with van der Waals surface area (Å²) in [5.74, 6) is 1.13. The van der Waals surface area contributed by atoms with Crippen molar-refractivity contribution in [3.63, 3.8) is 0 Å². The summed E-state index contributed by atoms with van der Waals surface area (Å²) >= 11 is 0. The van der Waals surface area contributed by atoms with Gasteiger partial charge in [-0.2, -0.15) is 0 Å². The summed E-state index contributed by atoms with van der Waals surface area (Å²) < 4.78 is 21.3. The van der Waals surface area contributed by atoms with Gasteiger partial charge in [0.2, 0.25) is 0 Å². The zero-order valence-electron chi connectivity index (χ0n) is 13.9. The van der Waals surface area contributed by atoms with Gasteiger partial charge in [-0.05, 0) is 30.3 Å². The molecule has 130 valence electrons. The first-order chi connectivity index (χ1) is 12.6. The largest absolute Gasteiger partial charge is 0.497 e. The van der Waals surface area contributed by atoms with Gasteiger partial charge in [-0.25, -0.2) is 9.59 Å². The second kappa shape index (κ2) is 6.40. The molecule has 26 heavy (non-hydrogen) atoms. The first-order valence-corrected chi connectivity index (χ1v) is 7.90. The van der Waals surface area contributed by atoms with Gasteiger partial charge in [0, 0.05) is 40.6 Å². The Morgan fingerprint density at radius 1 is 0.808 bits per heavy atom. The van der Waals surface area contributed by atoms with Crippen LogP contribution in [0.5, 0.6) is 11.5 Å². The van der Waals surface area contributed by atoms with Crippen LogP contribution >= 0.6 is 0 Å². The van der Waals surface area contributed by atoms with Crippen LogP contribution in [0, 0.1) is 0 Å². The average Bonchev–Trinajstić information content (AvgIpc) is 2.65. The average molecular weight is 350 g/mol. The second-order valence-electron chi connectivity index (χ2n) is 5.70. The molecule has 0 aliphatic heterocycles. The van der Waals surface area contributed by atoms with E-state index >= 15 is 0 Å². The van der Waals surface area contributed by atoms with E-state index in [2.05, 4.69) is 0 Å². The van der Waals surface area contributed by atoms with E-state index in [9.17, 15) is 9.59 Å². The Morgan fingerprint density at radius 3 is 2.38 bits per heavy atom. The maximum atomic E-state index is 11.8. The van der Waals surface area contributed by atoms with Gasteiger partial charge in [0.25, 0.3) is 0 Å². The molecule has 6 heteroatoms. The minimum Gasteiger partial charge on any atom is -0.497 e. The van der Waals surface area contributed by atoms with Crippen LogP contribution in [0.1, 0.15) is 5.56 Å². The van der Waals surface area contributed by atoms with Gasteiger partial charge < -0.3 is 18.3 Å². The van der Waals surface area contributed by atoms with Gasteiger partial charge in [-0.15, -0.1) is 0 Å². The van der Waals surface area contributed by atoms with Crippen molar-refractivity contribution in [3.8, 4) is 11.5 Å². The zero-order valence-corrected chi connectivity index (χ0v) is 13.9. The normalized spacial score (nSPS) is 11.0. The molecule has 0 amide bonds. The van der Waals surface area contributed by atoms with Crippen LogP contribution in [0.4, 0.5) is 0 Å². The van der Waals surface area contributed by atoms with Crippen molar-refractivity contribution in [1.82, 2.24) is 0 Å². The molecule has 0 atom stereocenters. The third-order valence-corrected chi connectivity index (χ3v) is 4.03. The van der Waals surface area contributed by atoms with Crippen LogP contribution in [0.25, 0.3) is 21.9 Å². The molecule has 0 aliphatic rings. The van der Waals surface area contributed by atoms with Crippen LogP contribution < -0.4 is 20.7 Å². The van der Waals surface area contributed by atoms with Crippen molar-refractivity contribution >= 4 is 21.9 Å². The fraction of sp³-hybridized carbons (Fsp3) is 0.100. The third kappa shape index (κ3) is 3.04.